The van der Waals surface area contributed by atoms with Crippen LogP contribution in [0.1, 0.15) is 0 Å². The highest BCUT2D eigenvalue weighted by Gasteiger charge is 2.35. The largest absolute Gasteiger partial charge is 0.303 e. The predicted molar refractivity (Wildman–Crippen MR) is 47.8 cm³/mol. The highest BCUT2D eigenvalue weighted by atomic mass is 32.2. The Morgan fingerprint density at radius 1 is 1.06 bits per heavy atom. The van der Waals surface area contributed by atoms with Crippen molar-refractivity contribution in [3.05, 3.63) is 24.0 Å². The predicted octanol–water partition coefficient (Wildman–Crippen LogP) is 0.207. The van der Waals surface area contributed by atoms with Crippen LogP contribution in [0.25, 0.3) is 0 Å². The van der Waals surface area contributed by atoms with E-state index in [0.29, 0.717) is 0 Å². The van der Waals surface area contributed by atoms with Crippen molar-refractivity contribution >= 4 is 20.2 Å². The summed E-state index contributed by atoms with van der Waals surface area (Å²) in [5.41, 5.74) is 0. The van der Waals surface area contributed by atoms with Gasteiger partial charge in [0, 0.05) is 0 Å². The highest BCUT2D eigenvalue weighted by Crippen LogP contribution is 2.29. The molecule has 0 spiro atoms. The third kappa shape index (κ3) is 1.71. The van der Waals surface area contributed by atoms with Gasteiger partial charge in [0.15, 0.2) is 11.7 Å². The smallest absolute Gasteiger partial charge is 0.236 e. The molecule has 6 nitrogen and oxygen atoms in total. The first-order valence-corrected chi connectivity index (χ1v) is 6.74. The number of hydrogen-bond donors (Lipinski definition) is 0. The van der Waals surface area contributed by atoms with E-state index in [0.717, 1.165) is 18.2 Å². The summed E-state index contributed by atoms with van der Waals surface area (Å²) in [5.74, 6) is -1.20. The standard InChI is InChI=1S/C7H5FO6S2/c8-5-2-1-3-6-7(5)16(11,12)14-4-13-15(6,9)10/h1-3H,4H2. The minimum Gasteiger partial charge on any atom is -0.236 e. The van der Waals surface area contributed by atoms with Crippen LogP contribution in [0, 0.1) is 5.82 Å². The zero-order valence-electron chi connectivity index (χ0n) is 7.58. The molecule has 0 fully saturated rings. The van der Waals surface area contributed by atoms with Crippen molar-refractivity contribution in [1.82, 2.24) is 0 Å². The molecular formula is C7H5FO6S2. The van der Waals surface area contributed by atoms with Crippen LogP contribution >= 0.6 is 0 Å². The van der Waals surface area contributed by atoms with Crippen LogP contribution in [-0.4, -0.2) is 23.6 Å². The summed E-state index contributed by atoms with van der Waals surface area (Å²) in [4.78, 5) is -1.78. The third-order valence-corrected chi connectivity index (χ3v) is 4.59. The second kappa shape index (κ2) is 3.48. The van der Waals surface area contributed by atoms with Gasteiger partial charge >= 0.3 is 20.2 Å². The molecule has 1 aromatic rings. The molecule has 1 aliphatic rings. The van der Waals surface area contributed by atoms with Gasteiger partial charge in [0.25, 0.3) is 0 Å². The lowest BCUT2D eigenvalue weighted by Gasteiger charge is -2.03. The molecule has 88 valence electrons. The first-order valence-electron chi connectivity index (χ1n) is 3.92. The maximum absolute atomic E-state index is 13.3. The maximum atomic E-state index is 13.3. The van der Waals surface area contributed by atoms with Gasteiger partial charge in [-0.25, -0.2) is 12.8 Å². The number of hydrogen-bond acceptors (Lipinski definition) is 6. The topological polar surface area (TPSA) is 86.7 Å². The molecule has 0 radical (unpaired) electrons. The Hall–Kier alpha value is -1.03. The lowest BCUT2D eigenvalue weighted by Crippen LogP contribution is -2.08. The summed E-state index contributed by atoms with van der Waals surface area (Å²) in [5, 5.41) is 0. The van der Waals surface area contributed by atoms with Crippen molar-refractivity contribution in [2.45, 2.75) is 9.79 Å². The molecular weight excluding hydrogens is 263 g/mol. The Kier molecular flexibility index (Phi) is 2.49. The maximum Gasteiger partial charge on any atom is 0.303 e. The van der Waals surface area contributed by atoms with Gasteiger partial charge in [-0.3, -0.25) is 0 Å². The van der Waals surface area contributed by atoms with Crippen LogP contribution in [0.5, 0.6) is 0 Å². The Morgan fingerprint density at radius 3 is 2.38 bits per heavy atom. The molecule has 0 aromatic heterocycles. The van der Waals surface area contributed by atoms with Crippen LogP contribution in [0.4, 0.5) is 4.39 Å². The van der Waals surface area contributed by atoms with E-state index in [1.165, 1.54) is 0 Å². The minimum absolute atomic E-state index is 0.759. The monoisotopic (exact) mass is 268 g/mol. The van der Waals surface area contributed by atoms with Gasteiger partial charge in [-0.2, -0.15) is 16.8 Å². The van der Waals surface area contributed by atoms with Gasteiger partial charge < -0.3 is 0 Å². The van der Waals surface area contributed by atoms with E-state index >= 15 is 0 Å². The molecule has 16 heavy (non-hydrogen) atoms. The van der Waals surface area contributed by atoms with E-state index in [4.69, 9.17) is 0 Å². The van der Waals surface area contributed by atoms with E-state index in [-0.39, 0.29) is 0 Å². The van der Waals surface area contributed by atoms with Crippen LogP contribution in [-0.2, 0) is 28.6 Å². The summed E-state index contributed by atoms with van der Waals surface area (Å²) in [7, 11) is -8.78. The summed E-state index contributed by atoms with van der Waals surface area (Å²) >= 11 is 0. The molecule has 0 aliphatic carbocycles. The number of halogens is 1. The van der Waals surface area contributed by atoms with E-state index in [1.807, 2.05) is 0 Å². The molecule has 0 amide bonds. The van der Waals surface area contributed by atoms with Gasteiger partial charge in [-0.15, -0.1) is 0 Å². The number of benzene rings is 1. The highest BCUT2D eigenvalue weighted by molar-refractivity contribution is 7.90. The van der Waals surface area contributed by atoms with Gasteiger partial charge in [-0.05, 0) is 12.1 Å². The first kappa shape index (κ1) is 11.5. The van der Waals surface area contributed by atoms with Crippen LogP contribution < -0.4 is 0 Å². The molecule has 1 heterocycles. The average Bonchev–Trinajstić information content (AvgIpc) is 2.23. The molecule has 0 N–H and O–H groups in total. The molecule has 2 rings (SSSR count). The van der Waals surface area contributed by atoms with Gasteiger partial charge in [0.1, 0.15) is 10.7 Å². The molecule has 1 aliphatic heterocycles. The molecule has 0 saturated carbocycles. The molecule has 1 aromatic carbocycles. The van der Waals surface area contributed by atoms with Crippen molar-refractivity contribution < 1.29 is 29.6 Å². The van der Waals surface area contributed by atoms with Gasteiger partial charge in [-0.1, -0.05) is 6.07 Å². The third-order valence-electron chi connectivity index (χ3n) is 1.86. The van der Waals surface area contributed by atoms with Crippen LogP contribution in [0.3, 0.4) is 0 Å². The zero-order chi connectivity index (χ0) is 12.0. The lowest BCUT2D eigenvalue weighted by atomic mass is 10.3. The molecule has 9 heteroatoms. The van der Waals surface area contributed by atoms with Crippen LogP contribution in [0.2, 0.25) is 0 Å². The first-order chi connectivity index (χ1) is 7.34. The van der Waals surface area contributed by atoms with E-state index in [2.05, 4.69) is 8.37 Å². The van der Waals surface area contributed by atoms with Crippen molar-refractivity contribution in [2.24, 2.45) is 0 Å². The van der Waals surface area contributed by atoms with Crippen molar-refractivity contribution in [3.8, 4) is 0 Å². The molecule has 0 unspecified atom stereocenters. The van der Waals surface area contributed by atoms with Crippen molar-refractivity contribution in [1.29, 1.82) is 0 Å². The fourth-order valence-electron chi connectivity index (χ4n) is 1.20. The second-order valence-electron chi connectivity index (χ2n) is 2.83. The number of fused-ring (bicyclic) bond motifs is 1. The SMILES string of the molecule is O=S1(=O)OCOS(=O)(=O)c2c(F)cccc21. The van der Waals surface area contributed by atoms with Crippen molar-refractivity contribution in [3.63, 3.8) is 0 Å². The molecule has 0 atom stereocenters. The van der Waals surface area contributed by atoms with Crippen molar-refractivity contribution in [2.75, 3.05) is 6.79 Å². The van der Waals surface area contributed by atoms with E-state index < -0.39 is 42.6 Å². The Morgan fingerprint density at radius 2 is 1.69 bits per heavy atom. The van der Waals surface area contributed by atoms with E-state index in [1.54, 1.807) is 0 Å². The Bertz CT molecular complexity index is 633. The fraction of sp³-hybridized carbons (Fsp3) is 0.143. The quantitative estimate of drug-likeness (QED) is 0.625. The summed E-state index contributed by atoms with van der Waals surface area (Å²) in [6, 6.07) is 2.82. The summed E-state index contributed by atoms with van der Waals surface area (Å²) < 4.78 is 67.3. The minimum atomic E-state index is -4.46. The zero-order valence-corrected chi connectivity index (χ0v) is 9.22. The van der Waals surface area contributed by atoms with Gasteiger partial charge in [0.2, 0.25) is 0 Å². The summed E-state index contributed by atoms with van der Waals surface area (Å²) in [6.07, 6.45) is 0. The van der Waals surface area contributed by atoms with E-state index in [9.17, 15) is 21.2 Å². The Labute approximate surface area is 90.9 Å². The van der Waals surface area contributed by atoms with Crippen LogP contribution in [0.15, 0.2) is 28.0 Å². The Balaban J connectivity index is 2.92. The lowest BCUT2D eigenvalue weighted by molar-refractivity contribution is 0.136. The second-order valence-corrected chi connectivity index (χ2v) is 5.96. The van der Waals surface area contributed by atoms with Gasteiger partial charge in [0.05, 0.1) is 0 Å². The molecule has 0 saturated heterocycles. The average molecular weight is 268 g/mol. The fourth-order valence-corrected chi connectivity index (χ4v) is 3.66. The number of rotatable bonds is 0. The summed E-state index contributed by atoms with van der Waals surface area (Å²) in [6.45, 7) is -1.00. The normalized spacial score (nSPS) is 22.1. The molecule has 0 bridgehead atoms.